The van der Waals surface area contributed by atoms with Gasteiger partial charge in [-0.05, 0) is 19.9 Å². The van der Waals surface area contributed by atoms with Crippen molar-refractivity contribution in [1.82, 2.24) is 14.3 Å². The molecule has 0 radical (unpaired) electrons. The lowest BCUT2D eigenvalue weighted by molar-refractivity contribution is 0.414. The maximum atomic E-state index is 12.4. The van der Waals surface area contributed by atoms with Crippen molar-refractivity contribution in [3.63, 3.8) is 0 Å². The number of aromatic nitrogens is 2. The van der Waals surface area contributed by atoms with Crippen LogP contribution in [0.15, 0.2) is 29.4 Å². The number of sulfonamides is 1. The molecule has 0 amide bonds. The monoisotopic (exact) mass is 377 g/mol. The first-order valence-electron chi connectivity index (χ1n) is 6.80. The van der Waals surface area contributed by atoms with Gasteiger partial charge in [0.15, 0.2) is 0 Å². The number of hydrogen-bond acceptors (Lipinski definition) is 4. The highest BCUT2D eigenvalue weighted by atomic mass is 35.5. The SMILES string of the molecule is COc1cc(Cl)c(S(=O)(=O)NCc2nccn2C(C)C)cc1Cl. The van der Waals surface area contributed by atoms with E-state index in [4.69, 9.17) is 27.9 Å². The topological polar surface area (TPSA) is 73.2 Å². The molecule has 0 bridgehead atoms. The summed E-state index contributed by atoms with van der Waals surface area (Å²) in [6.07, 6.45) is 3.42. The highest BCUT2D eigenvalue weighted by Gasteiger charge is 2.21. The fourth-order valence-electron chi connectivity index (χ4n) is 2.06. The van der Waals surface area contributed by atoms with Crippen LogP contribution in [0.3, 0.4) is 0 Å². The Morgan fingerprint density at radius 3 is 2.61 bits per heavy atom. The van der Waals surface area contributed by atoms with Gasteiger partial charge in [0.25, 0.3) is 0 Å². The van der Waals surface area contributed by atoms with E-state index in [0.29, 0.717) is 11.6 Å². The number of methoxy groups -OCH3 is 1. The van der Waals surface area contributed by atoms with E-state index in [1.165, 1.54) is 19.2 Å². The van der Waals surface area contributed by atoms with Crippen LogP contribution in [-0.4, -0.2) is 25.1 Å². The molecule has 1 aromatic carbocycles. The maximum Gasteiger partial charge on any atom is 0.242 e. The molecule has 1 heterocycles. The summed E-state index contributed by atoms with van der Waals surface area (Å²) in [5, 5.41) is 0.201. The number of hydrogen-bond donors (Lipinski definition) is 1. The van der Waals surface area contributed by atoms with Crippen LogP contribution in [0.5, 0.6) is 5.75 Å². The summed E-state index contributed by atoms with van der Waals surface area (Å²) in [6, 6.07) is 2.81. The first-order valence-corrected chi connectivity index (χ1v) is 9.04. The molecule has 126 valence electrons. The zero-order chi connectivity index (χ0) is 17.2. The predicted octanol–water partition coefficient (Wildman–Crippen LogP) is 3.26. The van der Waals surface area contributed by atoms with E-state index in [2.05, 4.69) is 9.71 Å². The quantitative estimate of drug-likeness (QED) is 0.838. The molecule has 0 aliphatic carbocycles. The van der Waals surface area contributed by atoms with E-state index in [9.17, 15) is 8.42 Å². The number of imidazole rings is 1. The molecule has 0 saturated heterocycles. The number of rotatable bonds is 6. The minimum Gasteiger partial charge on any atom is -0.495 e. The average molecular weight is 378 g/mol. The van der Waals surface area contributed by atoms with Crippen molar-refractivity contribution in [2.45, 2.75) is 31.3 Å². The summed E-state index contributed by atoms with van der Waals surface area (Å²) < 4.78 is 34.3. The van der Waals surface area contributed by atoms with Crippen molar-refractivity contribution in [3.8, 4) is 5.75 Å². The van der Waals surface area contributed by atoms with Crippen molar-refractivity contribution in [3.05, 3.63) is 40.4 Å². The molecule has 0 atom stereocenters. The Morgan fingerprint density at radius 2 is 2.00 bits per heavy atom. The molecule has 1 N–H and O–H groups in total. The molecule has 0 spiro atoms. The lowest BCUT2D eigenvalue weighted by Gasteiger charge is -2.13. The van der Waals surface area contributed by atoms with Crippen LogP contribution in [0, 0.1) is 0 Å². The number of nitrogens with one attached hydrogen (secondary N) is 1. The van der Waals surface area contributed by atoms with E-state index in [0.717, 1.165) is 0 Å². The summed E-state index contributed by atoms with van der Waals surface area (Å²) in [4.78, 5) is 4.05. The standard InChI is InChI=1S/C14H17Cl2N3O3S/c1-9(2)19-5-4-17-14(19)8-18-23(20,21)13-7-10(15)12(22-3)6-11(13)16/h4-7,9,18H,8H2,1-3H3. The van der Waals surface area contributed by atoms with Crippen molar-refractivity contribution < 1.29 is 13.2 Å². The van der Waals surface area contributed by atoms with Gasteiger partial charge in [-0.3, -0.25) is 0 Å². The van der Waals surface area contributed by atoms with Gasteiger partial charge < -0.3 is 9.30 Å². The molecule has 2 aromatic rings. The summed E-state index contributed by atoms with van der Waals surface area (Å²) in [7, 11) is -2.41. The van der Waals surface area contributed by atoms with Crippen LogP contribution in [-0.2, 0) is 16.6 Å². The number of ether oxygens (including phenoxy) is 1. The second-order valence-corrected chi connectivity index (χ2v) is 7.64. The third kappa shape index (κ3) is 3.98. The molecular formula is C14H17Cl2N3O3S. The van der Waals surface area contributed by atoms with Crippen LogP contribution in [0.25, 0.3) is 0 Å². The molecule has 9 heteroatoms. The van der Waals surface area contributed by atoms with Crippen molar-refractivity contribution in [2.75, 3.05) is 7.11 Å². The van der Waals surface area contributed by atoms with E-state index in [1.807, 2.05) is 18.4 Å². The minimum absolute atomic E-state index is 0.0333. The second-order valence-electron chi connectivity index (χ2n) is 5.09. The van der Waals surface area contributed by atoms with Gasteiger partial charge >= 0.3 is 0 Å². The summed E-state index contributed by atoms with van der Waals surface area (Å²) in [6.45, 7) is 4.02. The highest BCUT2D eigenvalue weighted by Crippen LogP contribution is 2.33. The number of benzene rings is 1. The van der Waals surface area contributed by atoms with Crippen LogP contribution in [0.2, 0.25) is 10.0 Å². The number of nitrogens with zero attached hydrogens (tertiary/aromatic N) is 2. The molecule has 0 unspecified atom stereocenters. The Labute approximate surface area is 145 Å². The van der Waals surface area contributed by atoms with Gasteiger partial charge in [-0.25, -0.2) is 18.1 Å². The fourth-order valence-corrected chi connectivity index (χ4v) is 3.89. The van der Waals surface area contributed by atoms with E-state index in [-0.39, 0.29) is 27.5 Å². The van der Waals surface area contributed by atoms with Gasteiger partial charge in [-0.2, -0.15) is 0 Å². The van der Waals surface area contributed by atoms with Crippen LogP contribution < -0.4 is 9.46 Å². The Bertz CT molecular complexity index is 804. The van der Waals surface area contributed by atoms with Crippen LogP contribution in [0.1, 0.15) is 25.7 Å². The Kier molecular flexibility index (Phi) is 5.57. The maximum absolute atomic E-state index is 12.4. The van der Waals surface area contributed by atoms with Crippen molar-refractivity contribution in [1.29, 1.82) is 0 Å². The third-order valence-electron chi connectivity index (χ3n) is 3.22. The lowest BCUT2D eigenvalue weighted by atomic mass is 10.3. The molecule has 1 aromatic heterocycles. The Balaban J connectivity index is 2.26. The van der Waals surface area contributed by atoms with Gasteiger partial charge in [0.1, 0.15) is 16.5 Å². The molecule has 0 aliphatic rings. The van der Waals surface area contributed by atoms with E-state index >= 15 is 0 Å². The first kappa shape index (κ1) is 18.1. The van der Waals surface area contributed by atoms with E-state index in [1.54, 1.807) is 12.4 Å². The van der Waals surface area contributed by atoms with Crippen LogP contribution in [0.4, 0.5) is 0 Å². The molecule has 6 nitrogen and oxygen atoms in total. The molecule has 23 heavy (non-hydrogen) atoms. The van der Waals surface area contributed by atoms with Gasteiger partial charge in [-0.1, -0.05) is 23.2 Å². The minimum atomic E-state index is -3.83. The summed E-state index contributed by atoms with van der Waals surface area (Å²) in [5.41, 5.74) is 0. The Hall–Kier alpha value is -1.28. The van der Waals surface area contributed by atoms with E-state index < -0.39 is 10.0 Å². The second kappa shape index (κ2) is 7.09. The summed E-state index contributed by atoms with van der Waals surface area (Å²) >= 11 is 12.0. The average Bonchev–Trinajstić information content (AvgIpc) is 2.95. The third-order valence-corrected chi connectivity index (χ3v) is 5.38. The fraction of sp³-hybridized carbons (Fsp3) is 0.357. The number of halogens is 2. The largest absolute Gasteiger partial charge is 0.495 e. The zero-order valence-electron chi connectivity index (χ0n) is 12.9. The lowest BCUT2D eigenvalue weighted by Crippen LogP contribution is -2.25. The molecule has 0 saturated carbocycles. The van der Waals surface area contributed by atoms with Crippen molar-refractivity contribution >= 4 is 33.2 Å². The normalized spacial score (nSPS) is 11.9. The van der Waals surface area contributed by atoms with Crippen molar-refractivity contribution in [2.24, 2.45) is 0 Å². The van der Waals surface area contributed by atoms with Gasteiger partial charge in [0, 0.05) is 24.5 Å². The first-order chi connectivity index (χ1) is 10.8. The van der Waals surface area contributed by atoms with Gasteiger partial charge in [-0.15, -0.1) is 0 Å². The smallest absolute Gasteiger partial charge is 0.242 e. The molecule has 0 aliphatic heterocycles. The molecule has 0 fully saturated rings. The zero-order valence-corrected chi connectivity index (χ0v) is 15.2. The van der Waals surface area contributed by atoms with Crippen LogP contribution >= 0.6 is 23.2 Å². The molecule has 2 rings (SSSR count). The Morgan fingerprint density at radius 1 is 1.30 bits per heavy atom. The highest BCUT2D eigenvalue weighted by molar-refractivity contribution is 7.89. The summed E-state index contributed by atoms with van der Waals surface area (Å²) in [5.74, 6) is 0.922. The van der Waals surface area contributed by atoms with Gasteiger partial charge in [0.2, 0.25) is 10.0 Å². The predicted molar refractivity (Wildman–Crippen MR) is 89.7 cm³/mol. The molecular weight excluding hydrogens is 361 g/mol. The van der Waals surface area contributed by atoms with Gasteiger partial charge in [0.05, 0.1) is 23.7 Å².